The van der Waals surface area contributed by atoms with E-state index in [0.29, 0.717) is 0 Å². The van der Waals surface area contributed by atoms with E-state index in [9.17, 15) is 0 Å². The van der Waals surface area contributed by atoms with Crippen LogP contribution in [0.3, 0.4) is 0 Å². The molecule has 1 aromatic heterocycles. The zero-order valence-electron chi connectivity index (χ0n) is 13.9. The highest BCUT2D eigenvalue weighted by Crippen LogP contribution is 2.29. The lowest BCUT2D eigenvalue weighted by molar-refractivity contribution is 0.232. The van der Waals surface area contributed by atoms with Gasteiger partial charge < -0.3 is 9.32 Å². The zero-order valence-corrected chi connectivity index (χ0v) is 14.8. The van der Waals surface area contributed by atoms with Gasteiger partial charge in [0.2, 0.25) is 0 Å². The topological polar surface area (TPSA) is 19.6 Å². The van der Waals surface area contributed by atoms with Gasteiger partial charge in [-0.15, -0.1) is 11.8 Å². The monoisotopic (exact) mass is 338 g/mol. The molecule has 0 unspecified atom stereocenters. The van der Waals surface area contributed by atoms with Crippen LogP contribution < -0.4 is 4.90 Å². The summed E-state index contributed by atoms with van der Waals surface area (Å²) in [6.45, 7) is 5.17. The van der Waals surface area contributed by atoms with Crippen molar-refractivity contribution in [1.82, 2.24) is 4.90 Å². The molecule has 3 aromatic rings. The largest absolute Gasteiger partial charge is 0.460 e. The molecule has 1 fully saturated rings. The minimum Gasteiger partial charge on any atom is -0.460 e. The van der Waals surface area contributed by atoms with Crippen molar-refractivity contribution < 1.29 is 4.42 Å². The second kappa shape index (κ2) is 6.91. The quantitative estimate of drug-likeness (QED) is 0.653. The van der Waals surface area contributed by atoms with Gasteiger partial charge in [0.25, 0.3) is 0 Å². The van der Waals surface area contributed by atoms with Crippen LogP contribution in [0.15, 0.2) is 63.9 Å². The maximum Gasteiger partial charge on any atom is 0.134 e. The number of para-hydroxylation sites is 2. The molecule has 0 saturated carbocycles. The molecule has 2 heterocycles. The van der Waals surface area contributed by atoms with E-state index < -0.39 is 0 Å². The van der Waals surface area contributed by atoms with Crippen molar-refractivity contribution in [2.75, 3.05) is 37.3 Å². The smallest absolute Gasteiger partial charge is 0.134 e. The summed E-state index contributed by atoms with van der Waals surface area (Å²) < 4.78 is 5.96. The summed E-state index contributed by atoms with van der Waals surface area (Å²) in [6.07, 6.45) is 2.15. The first-order chi connectivity index (χ1) is 11.8. The molecule has 0 aliphatic carbocycles. The van der Waals surface area contributed by atoms with Crippen LogP contribution in [0.1, 0.15) is 5.76 Å². The standard InChI is InChI=1S/C20H22N2OS/c1-24-20-9-5-3-7-18(20)22-12-10-21(11-13-22)15-17-14-16-6-2-4-8-19(16)23-17/h2-9,14H,10-13,15H2,1H3. The number of hydrogen-bond donors (Lipinski definition) is 0. The number of furan rings is 1. The van der Waals surface area contributed by atoms with Gasteiger partial charge in [-0.25, -0.2) is 0 Å². The first-order valence-corrected chi connectivity index (χ1v) is 9.64. The lowest BCUT2D eigenvalue weighted by atomic mass is 10.2. The van der Waals surface area contributed by atoms with Crippen LogP contribution in [0, 0.1) is 0 Å². The van der Waals surface area contributed by atoms with Gasteiger partial charge in [-0.1, -0.05) is 30.3 Å². The predicted octanol–water partition coefficient (Wildman–Crippen LogP) is 4.48. The Morgan fingerprint density at radius 2 is 1.71 bits per heavy atom. The molecule has 0 radical (unpaired) electrons. The van der Waals surface area contributed by atoms with Crippen LogP contribution in [0.2, 0.25) is 0 Å². The minimum atomic E-state index is 0.896. The van der Waals surface area contributed by atoms with E-state index in [1.54, 1.807) is 0 Å². The fourth-order valence-electron chi connectivity index (χ4n) is 3.37. The van der Waals surface area contributed by atoms with E-state index in [1.165, 1.54) is 16.0 Å². The van der Waals surface area contributed by atoms with Gasteiger partial charge in [0.15, 0.2) is 0 Å². The van der Waals surface area contributed by atoms with Crippen molar-refractivity contribution in [1.29, 1.82) is 0 Å². The molecule has 0 N–H and O–H groups in total. The van der Waals surface area contributed by atoms with E-state index in [0.717, 1.165) is 44.1 Å². The number of rotatable bonds is 4. The van der Waals surface area contributed by atoms with E-state index in [1.807, 2.05) is 23.9 Å². The van der Waals surface area contributed by atoms with Crippen LogP contribution >= 0.6 is 11.8 Å². The van der Waals surface area contributed by atoms with Gasteiger partial charge in [0.1, 0.15) is 11.3 Å². The van der Waals surface area contributed by atoms with Crippen LogP contribution in [-0.4, -0.2) is 37.3 Å². The Labute approximate surface area is 147 Å². The van der Waals surface area contributed by atoms with Gasteiger partial charge in [-0.2, -0.15) is 0 Å². The Kier molecular flexibility index (Phi) is 4.50. The first-order valence-electron chi connectivity index (χ1n) is 8.41. The molecule has 1 aliphatic heterocycles. The summed E-state index contributed by atoms with van der Waals surface area (Å²) >= 11 is 1.82. The summed E-state index contributed by atoms with van der Waals surface area (Å²) in [4.78, 5) is 6.35. The summed E-state index contributed by atoms with van der Waals surface area (Å²) in [7, 11) is 0. The van der Waals surface area contributed by atoms with Gasteiger partial charge in [0, 0.05) is 36.5 Å². The maximum atomic E-state index is 5.96. The number of fused-ring (bicyclic) bond motifs is 1. The highest BCUT2D eigenvalue weighted by molar-refractivity contribution is 7.98. The van der Waals surface area contributed by atoms with Crippen LogP contribution in [0.25, 0.3) is 11.0 Å². The molecule has 1 aliphatic rings. The molecular weight excluding hydrogens is 316 g/mol. The van der Waals surface area contributed by atoms with Gasteiger partial charge in [-0.3, -0.25) is 4.90 Å². The number of hydrogen-bond acceptors (Lipinski definition) is 4. The molecule has 1 saturated heterocycles. The molecule has 124 valence electrons. The lowest BCUT2D eigenvalue weighted by Crippen LogP contribution is -2.46. The van der Waals surface area contributed by atoms with Crippen molar-refractivity contribution in [3.63, 3.8) is 0 Å². The van der Waals surface area contributed by atoms with E-state index in [2.05, 4.69) is 58.5 Å². The van der Waals surface area contributed by atoms with Crippen molar-refractivity contribution in [3.05, 3.63) is 60.4 Å². The second-order valence-corrected chi connectivity index (χ2v) is 7.03. The fourth-order valence-corrected chi connectivity index (χ4v) is 3.99. The van der Waals surface area contributed by atoms with Gasteiger partial charge in [-0.05, 0) is 30.5 Å². The minimum absolute atomic E-state index is 0.896. The van der Waals surface area contributed by atoms with Crippen LogP contribution in [-0.2, 0) is 6.54 Å². The van der Waals surface area contributed by atoms with Crippen molar-refractivity contribution in [3.8, 4) is 0 Å². The molecule has 0 spiro atoms. The van der Waals surface area contributed by atoms with E-state index in [-0.39, 0.29) is 0 Å². The SMILES string of the molecule is CSc1ccccc1N1CCN(Cc2cc3ccccc3o2)CC1. The third-order valence-electron chi connectivity index (χ3n) is 4.65. The Morgan fingerprint density at radius 3 is 2.50 bits per heavy atom. The number of anilines is 1. The molecule has 0 atom stereocenters. The summed E-state index contributed by atoms with van der Waals surface area (Å²) in [6, 6.07) is 19.1. The summed E-state index contributed by atoms with van der Waals surface area (Å²) in [5, 5.41) is 1.19. The molecule has 24 heavy (non-hydrogen) atoms. The van der Waals surface area contributed by atoms with Gasteiger partial charge in [0.05, 0.1) is 12.2 Å². The molecule has 3 nitrogen and oxygen atoms in total. The number of thioether (sulfide) groups is 1. The van der Waals surface area contributed by atoms with Crippen molar-refractivity contribution in [2.24, 2.45) is 0 Å². The number of nitrogens with zero attached hydrogens (tertiary/aromatic N) is 2. The highest BCUT2D eigenvalue weighted by atomic mass is 32.2. The van der Waals surface area contributed by atoms with E-state index in [4.69, 9.17) is 4.42 Å². The highest BCUT2D eigenvalue weighted by Gasteiger charge is 2.20. The Balaban J connectivity index is 1.41. The van der Waals surface area contributed by atoms with Crippen molar-refractivity contribution in [2.45, 2.75) is 11.4 Å². The maximum absolute atomic E-state index is 5.96. The summed E-state index contributed by atoms with van der Waals surface area (Å²) in [5.41, 5.74) is 2.36. The molecule has 4 rings (SSSR count). The molecule has 0 bridgehead atoms. The predicted molar refractivity (Wildman–Crippen MR) is 102 cm³/mol. The first kappa shape index (κ1) is 15.6. The third kappa shape index (κ3) is 3.17. The Bertz CT molecular complexity index is 788. The fraction of sp³-hybridized carbons (Fsp3) is 0.300. The average Bonchev–Trinajstić information content (AvgIpc) is 3.04. The molecule has 2 aromatic carbocycles. The lowest BCUT2D eigenvalue weighted by Gasteiger charge is -2.36. The zero-order chi connectivity index (χ0) is 16.4. The number of piperazine rings is 1. The number of benzene rings is 2. The van der Waals surface area contributed by atoms with Crippen LogP contribution in [0.5, 0.6) is 0 Å². The third-order valence-corrected chi connectivity index (χ3v) is 5.44. The second-order valence-electron chi connectivity index (χ2n) is 6.19. The summed E-state index contributed by atoms with van der Waals surface area (Å²) in [5.74, 6) is 1.06. The molecular formula is C20H22N2OS. The molecule has 0 amide bonds. The molecule has 4 heteroatoms. The Morgan fingerprint density at radius 1 is 0.958 bits per heavy atom. The van der Waals surface area contributed by atoms with Gasteiger partial charge >= 0.3 is 0 Å². The van der Waals surface area contributed by atoms with Crippen LogP contribution in [0.4, 0.5) is 5.69 Å². The Hall–Kier alpha value is -1.91. The average molecular weight is 338 g/mol. The van der Waals surface area contributed by atoms with E-state index >= 15 is 0 Å². The van der Waals surface area contributed by atoms with Crippen molar-refractivity contribution >= 4 is 28.4 Å². The normalized spacial score (nSPS) is 16.0.